The predicted molar refractivity (Wildman–Crippen MR) is 73.0 cm³/mol. The van der Waals surface area contributed by atoms with E-state index >= 15 is 0 Å². The van der Waals surface area contributed by atoms with Gasteiger partial charge in [-0.15, -0.1) is 0 Å². The summed E-state index contributed by atoms with van der Waals surface area (Å²) in [5.74, 6) is 0.115. The number of hydrogen-bond acceptors (Lipinski definition) is 3. The SMILES string of the molecule is O=C(c1cnccn1)C1(c2ccccc2)CCCC1. The summed E-state index contributed by atoms with van der Waals surface area (Å²) in [5.41, 5.74) is 1.20. The van der Waals surface area contributed by atoms with E-state index in [0.29, 0.717) is 5.69 Å². The highest BCUT2D eigenvalue weighted by Gasteiger charge is 2.43. The van der Waals surface area contributed by atoms with Crippen molar-refractivity contribution in [2.75, 3.05) is 0 Å². The highest BCUT2D eigenvalue weighted by atomic mass is 16.1. The smallest absolute Gasteiger partial charge is 0.193 e. The lowest BCUT2D eigenvalue weighted by molar-refractivity contribution is 0.0880. The molecule has 3 rings (SSSR count). The molecule has 0 aliphatic heterocycles. The second-order valence-electron chi connectivity index (χ2n) is 5.08. The predicted octanol–water partition coefficient (Wildman–Crippen LogP) is 3.17. The van der Waals surface area contributed by atoms with Gasteiger partial charge in [0.25, 0.3) is 0 Å². The van der Waals surface area contributed by atoms with Crippen LogP contribution in [0.1, 0.15) is 41.7 Å². The Morgan fingerprint density at radius 1 is 1.05 bits per heavy atom. The van der Waals surface area contributed by atoms with Gasteiger partial charge in [-0.3, -0.25) is 9.78 Å². The number of ketones is 1. The monoisotopic (exact) mass is 252 g/mol. The fraction of sp³-hybridized carbons (Fsp3) is 0.312. The fourth-order valence-corrected chi connectivity index (χ4v) is 3.04. The lowest BCUT2D eigenvalue weighted by Gasteiger charge is -2.27. The topological polar surface area (TPSA) is 42.9 Å². The van der Waals surface area contributed by atoms with Gasteiger partial charge < -0.3 is 0 Å². The molecule has 1 aromatic heterocycles. The number of carbonyl (C=O) groups is 1. The van der Waals surface area contributed by atoms with Gasteiger partial charge in [0.1, 0.15) is 5.69 Å². The van der Waals surface area contributed by atoms with E-state index in [0.717, 1.165) is 31.2 Å². The molecule has 0 bridgehead atoms. The Hall–Kier alpha value is -2.03. The average molecular weight is 252 g/mol. The summed E-state index contributed by atoms with van der Waals surface area (Å²) in [6.45, 7) is 0. The summed E-state index contributed by atoms with van der Waals surface area (Å²) >= 11 is 0. The van der Waals surface area contributed by atoms with Crippen LogP contribution >= 0.6 is 0 Å². The maximum Gasteiger partial charge on any atom is 0.193 e. The molecule has 0 radical (unpaired) electrons. The normalized spacial score (nSPS) is 17.3. The molecule has 0 atom stereocenters. The Balaban J connectivity index is 2.05. The lowest BCUT2D eigenvalue weighted by Crippen LogP contribution is -2.33. The first-order valence-electron chi connectivity index (χ1n) is 6.69. The number of Topliss-reactive ketones (excluding diaryl/α,β-unsaturated/α-hetero) is 1. The Morgan fingerprint density at radius 2 is 1.79 bits per heavy atom. The molecule has 19 heavy (non-hydrogen) atoms. The number of aromatic nitrogens is 2. The zero-order valence-electron chi connectivity index (χ0n) is 10.7. The quantitative estimate of drug-likeness (QED) is 0.788. The van der Waals surface area contributed by atoms with Crippen LogP contribution in [0.4, 0.5) is 0 Å². The van der Waals surface area contributed by atoms with E-state index in [1.807, 2.05) is 18.2 Å². The minimum absolute atomic E-state index is 0.115. The third-order valence-corrected chi connectivity index (χ3v) is 4.01. The molecule has 1 fully saturated rings. The van der Waals surface area contributed by atoms with Crippen molar-refractivity contribution in [2.45, 2.75) is 31.1 Å². The number of nitrogens with zero attached hydrogens (tertiary/aromatic N) is 2. The lowest BCUT2D eigenvalue weighted by atomic mass is 9.74. The fourth-order valence-electron chi connectivity index (χ4n) is 3.04. The van der Waals surface area contributed by atoms with Gasteiger partial charge in [0.15, 0.2) is 5.78 Å². The molecule has 0 saturated heterocycles. The molecule has 96 valence electrons. The van der Waals surface area contributed by atoms with E-state index in [1.165, 1.54) is 0 Å². The molecule has 1 aliphatic rings. The van der Waals surface area contributed by atoms with Crippen LogP contribution in [0.5, 0.6) is 0 Å². The van der Waals surface area contributed by atoms with Crippen LogP contribution in [0.25, 0.3) is 0 Å². The summed E-state index contributed by atoms with van der Waals surface area (Å²) in [6, 6.07) is 10.1. The van der Waals surface area contributed by atoms with E-state index in [2.05, 4.69) is 22.1 Å². The third-order valence-electron chi connectivity index (χ3n) is 4.01. The first kappa shape index (κ1) is 12.0. The molecule has 3 nitrogen and oxygen atoms in total. The highest BCUT2D eigenvalue weighted by molar-refractivity contribution is 6.02. The van der Waals surface area contributed by atoms with Crippen LogP contribution < -0.4 is 0 Å². The number of rotatable bonds is 3. The molecule has 1 aliphatic carbocycles. The Labute approximate surface area is 112 Å². The maximum atomic E-state index is 12.9. The van der Waals surface area contributed by atoms with E-state index in [-0.39, 0.29) is 5.78 Å². The molecule has 0 unspecified atom stereocenters. The molecule has 3 heteroatoms. The van der Waals surface area contributed by atoms with Crippen LogP contribution in [0.2, 0.25) is 0 Å². The van der Waals surface area contributed by atoms with Crippen molar-refractivity contribution in [3.63, 3.8) is 0 Å². The zero-order valence-corrected chi connectivity index (χ0v) is 10.7. The Bertz CT molecular complexity index is 560. The van der Waals surface area contributed by atoms with Crippen molar-refractivity contribution in [1.29, 1.82) is 0 Å². The first-order chi connectivity index (χ1) is 9.33. The minimum Gasteiger partial charge on any atom is -0.291 e. The summed E-state index contributed by atoms with van der Waals surface area (Å²) in [6.07, 6.45) is 8.77. The first-order valence-corrected chi connectivity index (χ1v) is 6.69. The summed E-state index contributed by atoms with van der Waals surface area (Å²) in [5, 5.41) is 0. The van der Waals surface area contributed by atoms with Crippen molar-refractivity contribution in [3.05, 3.63) is 60.2 Å². The second kappa shape index (κ2) is 4.92. The molecule has 0 N–H and O–H groups in total. The summed E-state index contributed by atoms with van der Waals surface area (Å²) in [7, 11) is 0. The van der Waals surface area contributed by atoms with Gasteiger partial charge in [0.05, 0.1) is 11.6 Å². The van der Waals surface area contributed by atoms with Gasteiger partial charge in [-0.1, -0.05) is 43.2 Å². The Morgan fingerprint density at radius 3 is 2.42 bits per heavy atom. The standard InChI is InChI=1S/C16H16N2O/c19-15(14-12-17-10-11-18-14)16(8-4-5-9-16)13-6-2-1-3-7-13/h1-3,6-7,10-12H,4-5,8-9H2. The van der Waals surface area contributed by atoms with Crippen molar-refractivity contribution in [3.8, 4) is 0 Å². The molecule has 1 heterocycles. The van der Waals surface area contributed by atoms with Crippen molar-refractivity contribution >= 4 is 5.78 Å². The van der Waals surface area contributed by atoms with E-state index in [9.17, 15) is 4.79 Å². The molecule has 1 aromatic carbocycles. The third kappa shape index (κ3) is 2.05. The van der Waals surface area contributed by atoms with Crippen LogP contribution in [-0.2, 0) is 5.41 Å². The summed E-state index contributed by atoms with van der Waals surface area (Å²) < 4.78 is 0. The maximum absolute atomic E-state index is 12.9. The van der Waals surface area contributed by atoms with Crippen molar-refractivity contribution < 1.29 is 4.79 Å². The van der Waals surface area contributed by atoms with Crippen LogP contribution in [0.3, 0.4) is 0 Å². The van der Waals surface area contributed by atoms with Crippen LogP contribution in [-0.4, -0.2) is 15.8 Å². The van der Waals surface area contributed by atoms with Gasteiger partial charge in [-0.05, 0) is 18.4 Å². The van der Waals surface area contributed by atoms with Gasteiger partial charge in [0, 0.05) is 12.4 Å². The van der Waals surface area contributed by atoms with Crippen LogP contribution in [0, 0.1) is 0 Å². The largest absolute Gasteiger partial charge is 0.291 e. The van der Waals surface area contributed by atoms with Crippen molar-refractivity contribution in [2.24, 2.45) is 0 Å². The van der Waals surface area contributed by atoms with Gasteiger partial charge in [0.2, 0.25) is 0 Å². The highest BCUT2D eigenvalue weighted by Crippen LogP contribution is 2.43. The molecule has 0 amide bonds. The minimum atomic E-state index is -0.392. The molecule has 0 spiro atoms. The Kier molecular flexibility index (Phi) is 3.11. The second-order valence-corrected chi connectivity index (χ2v) is 5.08. The van der Waals surface area contributed by atoms with Crippen LogP contribution in [0.15, 0.2) is 48.9 Å². The van der Waals surface area contributed by atoms with Gasteiger partial charge in [-0.25, -0.2) is 4.98 Å². The van der Waals surface area contributed by atoms with E-state index in [1.54, 1.807) is 18.6 Å². The van der Waals surface area contributed by atoms with E-state index in [4.69, 9.17) is 0 Å². The number of carbonyl (C=O) groups excluding carboxylic acids is 1. The zero-order chi connectivity index (χ0) is 13.1. The number of hydrogen-bond donors (Lipinski definition) is 0. The molecular formula is C16H16N2O. The summed E-state index contributed by atoms with van der Waals surface area (Å²) in [4.78, 5) is 21.1. The number of benzene rings is 1. The van der Waals surface area contributed by atoms with Gasteiger partial charge >= 0.3 is 0 Å². The van der Waals surface area contributed by atoms with E-state index < -0.39 is 5.41 Å². The molecule has 1 saturated carbocycles. The molecular weight excluding hydrogens is 236 g/mol. The average Bonchev–Trinajstić information content (AvgIpc) is 2.99. The van der Waals surface area contributed by atoms with Gasteiger partial charge in [-0.2, -0.15) is 0 Å². The van der Waals surface area contributed by atoms with Crippen molar-refractivity contribution in [1.82, 2.24) is 9.97 Å². The molecule has 2 aromatic rings.